The molecule has 2 fully saturated rings. The van der Waals surface area contributed by atoms with Gasteiger partial charge in [0.1, 0.15) is 4.21 Å². The van der Waals surface area contributed by atoms with Crippen molar-refractivity contribution in [3.8, 4) is 0 Å². The zero-order valence-corrected chi connectivity index (χ0v) is 17.6. The number of sulfonamides is 1. The number of benzene rings is 1. The summed E-state index contributed by atoms with van der Waals surface area (Å²) in [6.07, 6.45) is 1.52. The summed E-state index contributed by atoms with van der Waals surface area (Å²) in [6.45, 7) is 2.69. The molecule has 0 saturated carbocycles. The Kier molecular flexibility index (Phi) is 5.71. The van der Waals surface area contributed by atoms with Gasteiger partial charge in [-0.25, -0.2) is 8.42 Å². The van der Waals surface area contributed by atoms with Gasteiger partial charge >= 0.3 is 0 Å². The van der Waals surface area contributed by atoms with Gasteiger partial charge in [-0.15, -0.1) is 11.3 Å². The molecule has 0 spiro atoms. The van der Waals surface area contributed by atoms with Crippen molar-refractivity contribution < 1.29 is 18.0 Å². The Morgan fingerprint density at radius 3 is 2.31 bits per heavy atom. The van der Waals surface area contributed by atoms with Crippen LogP contribution in [0.15, 0.2) is 46.0 Å². The van der Waals surface area contributed by atoms with Gasteiger partial charge < -0.3 is 9.80 Å². The van der Waals surface area contributed by atoms with Crippen LogP contribution in [-0.4, -0.2) is 67.1 Å². The minimum atomic E-state index is -3.47. The maximum absolute atomic E-state index is 12.8. The smallest absolute Gasteiger partial charge is 0.253 e. The van der Waals surface area contributed by atoms with Crippen molar-refractivity contribution in [2.24, 2.45) is 0 Å². The number of amides is 2. The zero-order chi connectivity index (χ0) is 20.4. The fourth-order valence-corrected chi connectivity index (χ4v) is 6.26. The molecule has 1 aromatic heterocycles. The molecule has 0 N–H and O–H groups in total. The summed E-state index contributed by atoms with van der Waals surface area (Å²) in [5.74, 6) is 0.0856. The molecule has 4 rings (SSSR count). The molecule has 2 aliphatic rings. The molecule has 0 aliphatic carbocycles. The highest BCUT2D eigenvalue weighted by atomic mass is 32.2. The van der Waals surface area contributed by atoms with Crippen molar-refractivity contribution in [2.75, 3.05) is 32.7 Å². The van der Waals surface area contributed by atoms with Crippen molar-refractivity contribution >= 4 is 33.2 Å². The van der Waals surface area contributed by atoms with Gasteiger partial charge in [-0.3, -0.25) is 9.59 Å². The number of carbonyl (C=O) groups excluding carboxylic acids is 2. The first-order chi connectivity index (χ1) is 13.9. The summed E-state index contributed by atoms with van der Waals surface area (Å²) < 4.78 is 27.0. The maximum Gasteiger partial charge on any atom is 0.253 e. The minimum absolute atomic E-state index is 0.0954. The van der Waals surface area contributed by atoms with Crippen molar-refractivity contribution in [1.82, 2.24) is 14.1 Å². The van der Waals surface area contributed by atoms with Crippen molar-refractivity contribution in [2.45, 2.75) is 23.6 Å². The Morgan fingerprint density at radius 2 is 1.72 bits per heavy atom. The van der Waals surface area contributed by atoms with Gasteiger partial charge in [-0.1, -0.05) is 18.2 Å². The molecule has 29 heavy (non-hydrogen) atoms. The highest BCUT2D eigenvalue weighted by Crippen LogP contribution is 2.22. The molecule has 154 valence electrons. The van der Waals surface area contributed by atoms with Crippen LogP contribution in [0.1, 0.15) is 28.8 Å². The lowest BCUT2D eigenvalue weighted by Crippen LogP contribution is -2.50. The third-order valence-corrected chi connectivity index (χ3v) is 8.63. The van der Waals surface area contributed by atoms with Crippen LogP contribution in [0.2, 0.25) is 0 Å². The van der Waals surface area contributed by atoms with E-state index in [1.54, 1.807) is 34.5 Å². The molecule has 0 radical (unpaired) electrons. The van der Waals surface area contributed by atoms with Crippen LogP contribution in [0.3, 0.4) is 0 Å². The molecular formula is C20H23N3O4S2. The first kappa shape index (κ1) is 20.1. The molecule has 2 aliphatic heterocycles. The Balaban J connectivity index is 1.35. The molecular weight excluding hydrogens is 410 g/mol. The normalized spacial score (nSPS) is 18.4. The molecule has 3 heterocycles. The van der Waals surface area contributed by atoms with Gasteiger partial charge in [0, 0.05) is 51.3 Å². The number of piperazine rings is 1. The van der Waals surface area contributed by atoms with Gasteiger partial charge in [0.25, 0.3) is 15.9 Å². The number of nitrogens with zero attached hydrogens (tertiary/aromatic N) is 3. The van der Waals surface area contributed by atoms with Crippen molar-refractivity contribution in [3.63, 3.8) is 0 Å². The minimum Gasteiger partial charge on any atom is -0.338 e. The molecule has 2 saturated heterocycles. The molecule has 0 unspecified atom stereocenters. The third kappa shape index (κ3) is 4.22. The van der Waals surface area contributed by atoms with Gasteiger partial charge in [0.2, 0.25) is 5.91 Å². The average Bonchev–Trinajstić information content (AvgIpc) is 3.41. The van der Waals surface area contributed by atoms with E-state index in [0.29, 0.717) is 48.9 Å². The first-order valence-corrected chi connectivity index (χ1v) is 12.0. The van der Waals surface area contributed by atoms with Crippen molar-refractivity contribution in [3.05, 3.63) is 52.9 Å². The van der Waals surface area contributed by atoms with E-state index >= 15 is 0 Å². The summed E-state index contributed by atoms with van der Waals surface area (Å²) in [5, 5.41) is 1.75. The quantitative estimate of drug-likeness (QED) is 0.723. The predicted octanol–water partition coefficient (Wildman–Crippen LogP) is 2.02. The highest BCUT2D eigenvalue weighted by Gasteiger charge is 2.31. The molecule has 9 heteroatoms. The molecule has 1 aromatic carbocycles. The van der Waals surface area contributed by atoms with E-state index in [-0.39, 0.29) is 11.8 Å². The summed E-state index contributed by atoms with van der Waals surface area (Å²) in [6, 6.07) is 10.7. The van der Waals surface area contributed by atoms with E-state index in [4.69, 9.17) is 0 Å². The third-order valence-electron chi connectivity index (χ3n) is 5.36. The van der Waals surface area contributed by atoms with Crippen LogP contribution in [-0.2, 0) is 21.4 Å². The number of carbonyl (C=O) groups is 2. The fourth-order valence-electron chi connectivity index (χ4n) is 3.70. The summed E-state index contributed by atoms with van der Waals surface area (Å²) in [7, 11) is -3.47. The van der Waals surface area contributed by atoms with Crippen LogP contribution in [0, 0.1) is 0 Å². The zero-order valence-electron chi connectivity index (χ0n) is 16.0. The molecule has 0 atom stereocenters. The second-order valence-corrected chi connectivity index (χ2v) is 10.4. The van der Waals surface area contributed by atoms with Crippen LogP contribution in [0.4, 0.5) is 0 Å². The second kappa shape index (κ2) is 8.25. The Labute approximate surface area is 174 Å². The number of hydrogen-bond acceptors (Lipinski definition) is 5. The van der Waals surface area contributed by atoms with E-state index in [1.165, 1.54) is 15.6 Å². The summed E-state index contributed by atoms with van der Waals surface area (Å²) in [5.41, 5.74) is 1.58. The standard InChI is InChI=1S/C20H23N3O4S2/c24-18-3-1-9-22(18)15-16-5-7-17(8-6-16)20(25)21-10-12-23(13-11-21)29(26,27)19-4-2-14-28-19/h2,4-8,14H,1,3,9-13,15H2. The van der Waals surface area contributed by atoms with Crippen LogP contribution < -0.4 is 0 Å². The topological polar surface area (TPSA) is 78.0 Å². The Morgan fingerprint density at radius 1 is 1.00 bits per heavy atom. The van der Waals surface area contributed by atoms with Gasteiger partial charge in [-0.05, 0) is 35.6 Å². The molecule has 2 amide bonds. The van der Waals surface area contributed by atoms with Crippen LogP contribution in [0.5, 0.6) is 0 Å². The predicted molar refractivity (Wildman–Crippen MR) is 110 cm³/mol. The Hall–Kier alpha value is -2.23. The van der Waals surface area contributed by atoms with E-state index < -0.39 is 10.0 Å². The lowest BCUT2D eigenvalue weighted by Gasteiger charge is -2.33. The monoisotopic (exact) mass is 433 g/mol. The largest absolute Gasteiger partial charge is 0.338 e. The number of likely N-dealkylation sites (tertiary alicyclic amines) is 1. The molecule has 0 bridgehead atoms. The molecule has 2 aromatic rings. The van der Waals surface area contributed by atoms with Gasteiger partial charge in [-0.2, -0.15) is 4.31 Å². The van der Waals surface area contributed by atoms with Crippen LogP contribution in [0.25, 0.3) is 0 Å². The van der Waals surface area contributed by atoms with E-state index in [1.807, 2.05) is 17.0 Å². The number of thiophene rings is 1. The average molecular weight is 434 g/mol. The van der Waals surface area contributed by atoms with E-state index in [2.05, 4.69) is 0 Å². The Bertz CT molecular complexity index is 979. The second-order valence-electron chi connectivity index (χ2n) is 7.24. The van der Waals surface area contributed by atoms with E-state index in [0.717, 1.165) is 18.5 Å². The summed E-state index contributed by atoms with van der Waals surface area (Å²) in [4.78, 5) is 28.1. The lowest BCUT2D eigenvalue weighted by molar-refractivity contribution is -0.128. The highest BCUT2D eigenvalue weighted by molar-refractivity contribution is 7.91. The van der Waals surface area contributed by atoms with Gasteiger partial charge in [0.05, 0.1) is 0 Å². The number of hydrogen-bond donors (Lipinski definition) is 0. The maximum atomic E-state index is 12.8. The van der Waals surface area contributed by atoms with Gasteiger partial charge in [0.15, 0.2) is 0 Å². The SMILES string of the molecule is O=C1CCCN1Cc1ccc(C(=O)N2CCN(S(=O)(=O)c3cccs3)CC2)cc1. The molecule has 7 nitrogen and oxygen atoms in total. The lowest BCUT2D eigenvalue weighted by atomic mass is 10.1. The van der Waals surface area contributed by atoms with Crippen LogP contribution >= 0.6 is 11.3 Å². The number of rotatable bonds is 5. The first-order valence-electron chi connectivity index (χ1n) is 9.65. The summed E-state index contributed by atoms with van der Waals surface area (Å²) >= 11 is 1.21. The fraction of sp³-hybridized carbons (Fsp3) is 0.400. The van der Waals surface area contributed by atoms with Crippen molar-refractivity contribution in [1.29, 1.82) is 0 Å². The van der Waals surface area contributed by atoms with E-state index in [9.17, 15) is 18.0 Å².